The first kappa shape index (κ1) is 22.4. The highest BCUT2D eigenvalue weighted by Gasteiger charge is 2.29. The topological polar surface area (TPSA) is 75.7 Å². The molecule has 3 rings (SSSR count). The number of nitrogens with zero attached hydrogens (tertiary/aromatic N) is 1. The van der Waals surface area contributed by atoms with E-state index in [2.05, 4.69) is 5.32 Å². The van der Waals surface area contributed by atoms with Crippen LogP contribution in [0.25, 0.3) is 0 Å². The van der Waals surface area contributed by atoms with Gasteiger partial charge in [0.05, 0.1) is 17.6 Å². The number of amides is 1. The van der Waals surface area contributed by atoms with E-state index in [4.69, 9.17) is 4.74 Å². The average molecular weight is 439 g/mol. The summed E-state index contributed by atoms with van der Waals surface area (Å²) in [7, 11) is -3.70. The van der Waals surface area contributed by atoms with E-state index in [9.17, 15) is 13.2 Å². The van der Waals surface area contributed by atoms with Crippen LogP contribution in [0.15, 0.2) is 72.8 Å². The number of nitrogens with one attached hydrogen (secondary N) is 1. The van der Waals surface area contributed by atoms with Crippen molar-refractivity contribution in [1.29, 1.82) is 0 Å². The minimum atomic E-state index is -3.70. The molecule has 0 aromatic heterocycles. The van der Waals surface area contributed by atoms with E-state index in [0.717, 1.165) is 21.7 Å². The lowest BCUT2D eigenvalue weighted by molar-refractivity contribution is -0.116. The fraction of sp³-hybridized carbons (Fsp3) is 0.208. The zero-order valence-electron chi connectivity index (χ0n) is 18.0. The Morgan fingerprint density at radius 2 is 1.58 bits per heavy atom. The lowest BCUT2D eigenvalue weighted by Crippen LogP contribution is -2.45. The molecule has 6 nitrogen and oxygen atoms in total. The molecule has 3 aromatic rings. The minimum absolute atomic E-state index is 0.446. The predicted octanol–water partition coefficient (Wildman–Crippen LogP) is 4.89. The van der Waals surface area contributed by atoms with E-state index in [0.29, 0.717) is 22.9 Å². The van der Waals surface area contributed by atoms with Crippen LogP contribution in [0.2, 0.25) is 0 Å². The van der Waals surface area contributed by atoms with Crippen molar-refractivity contribution in [2.24, 2.45) is 0 Å². The van der Waals surface area contributed by atoms with Crippen molar-refractivity contribution in [2.75, 3.05) is 15.9 Å². The second kappa shape index (κ2) is 9.22. The largest absolute Gasteiger partial charge is 0.455 e. The molecular weight excluding hydrogens is 412 g/mol. The molecule has 0 unspecified atom stereocenters. The van der Waals surface area contributed by atoms with E-state index in [1.54, 1.807) is 43.3 Å². The summed E-state index contributed by atoms with van der Waals surface area (Å²) < 4.78 is 32.1. The van der Waals surface area contributed by atoms with Crippen molar-refractivity contribution in [2.45, 2.75) is 26.8 Å². The average Bonchev–Trinajstić information content (AvgIpc) is 2.72. The normalized spacial score (nSPS) is 12.1. The Morgan fingerprint density at radius 1 is 0.935 bits per heavy atom. The summed E-state index contributed by atoms with van der Waals surface area (Å²) in [6.45, 7) is 5.41. The van der Waals surface area contributed by atoms with Crippen molar-refractivity contribution >= 4 is 27.3 Å². The van der Waals surface area contributed by atoms with Gasteiger partial charge in [0.1, 0.15) is 11.8 Å². The molecule has 0 saturated heterocycles. The molecule has 0 aliphatic rings. The fourth-order valence-corrected chi connectivity index (χ4v) is 4.35. The summed E-state index contributed by atoms with van der Waals surface area (Å²) in [6, 6.07) is 20.6. The maximum absolute atomic E-state index is 13.1. The number of rotatable bonds is 7. The Kier molecular flexibility index (Phi) is 6.65. The van der Waals surface area contributed by atoms with E-state index in [1.165, 1.54) is 0 Å². The van der Waals surface area contributed by atoms with Crippen molar-refractivity contribution in [1.82, 2.24) is 0 Å². The van der Waals surface area contributed by atoms with Gasteiger partial charge in [0.15, 0.2) is 5.75 Å². The summed E-state index contributed by atoms with van der Waals surface area (Å²) in [4.78, 5) is 13.1. The molecule has 31 heavy (non-hydrogen) atoms. The number of benzene rings is 3. The zero-order chi connectivity index (χ0) is 22.6. The number of para-hydroxylation sites is 3. The van der Waals surface area contributed by atoms with Crippen LogP contribution in [0.3, 0.4) is 0 Å². The number of hydrogen-bond acceptors (Lipinski definition) is 4. The van der Waals surface area contributed by atoms with Crippen LogP contribution in [0, 0.1) is 13.8 Å². The van der Waals surface area contributed by atoms with Gasteiger partial charge in [-0.3, -0.25) is 9.10 Å². The molecule has 0 aliphatic carbocycles. The van der Waals surface area contributed by atoms with E-state index in [-0.39, 0.29) is 0 Å². The maximum atomic E-state index is 13.1. The first-order chi connectivity index (χ1) is 14.7. The molecule has 1 amide bonds. The van der Waals surface area contributed by atoms with Gasteiger partial charge in [-0.05, 0) is 68.3 Å². The molecule has 3 aromatic carbocycles. The van der Waals surface area contributed by atoms with Gasteiger partial charge in [0.2, 0.25) is 15.9 Å². The Balaban J connectivity index is 1.87. The monoisotopic (exact) mass is 438 g/mol. The van der Waals surface area contributed by atoms with E-state index in [1.807, 2.05) is 50.2 Å². The number of ether oxygens (including phenoxy) is 1. The highest BCUT2D eigenvalue weighted by molar-refractivity contribution is 7.92. The van der Waals surface area contributed by atoms with Crippen LogP contribution in [-0.2, 0) is 14.8 Å². The third-order valence-corrected chi connectivity index (χ3v) is 6.19. The van der Waals surface area contributed by atoms with Crippen LogP contribution < -0.4 is 14.4 Å². The Labute approximate surface area is 183 Å². The number of anilines is 2. The molecule has 0 spiro atoms. The van der Waals surface area contributed by atoms with E-state index < -0.39 is 22.0 Å². The molecule has 162 valence electrons. The molecule has 1 N–H and O–H groups in total. The lowest BCUT2D eigenvalue weighted by Gasteiger charge is -2.29. The second-order valence-corrected chi connectivity index (χ2v) is 9.26. The predicted molar refractivity (Wildman–Crippen MR) is 124 cm³/mol. The van der Waals surface area contributed by atoms with Crippen molar-refractivity contribution in [3.05, 3.63) is 83.9 Å². The number of aryl methyl sites for hydroxylation is 2. The Hall–Kier alpha value is -3.32. The third-order valence-electron chi connectivity index (χ3n) is 4.95. The standard InChI is InChI=1S/C24H26N2O4S/c1-17-14-15-20(16-18(17)2)26(31(4,28)29)19(3)24(27)25-22-12-8-9-13-23(22)30-21-10-6-5-7-11-21/h5-16,19H,1-4H3,(H,25,27)/t19-/m1/s1. The molecule has 0 fully saturated rings. The number of sulfonamides is 1. The molecule has 1 atom stereocenters. The fourth-order valence-electron chi connectivity index (χ4n) is 3.18. The maximum Gasteiger partial charge on any atom is 0.248 e. The number of carbonyl (C=O) groups is 1. The Morgan fingerprint density at radius 3 is 2.23 bits per heavy atom. The molecule has 0 heterocycles. The molecule has 0 radical (unpaired) electrons. The van der Waals surface area contributed by atoms with Gasteiger partial charge in [0.25, 0.3) is 0 Å². The zero-order valence-corrected chi connectivity index (χ0v) is 18.8. The molecule has 0 saturated carbocycles. The quantitative estimate of drug-likeness (QED) is 0.570. The lowest BCUT2D eigenvalue weighted by atomic mass is 10.1. The minimum Gasteiger partial charge on any atom is -0.455 e. The summed E-state index contributed by atoms with van der Waals surface area (Å²) in [6.07, 6.45) is 1.10. The van der Waals surface area contributed by atoms with Gasteiger partial charge in [-0.1, -0.05) is 36.4 Å². The number of carbonyl (C=O) groups excluding carboxylic acids is 1. The van der Waals surface area contributed by atoms with E-state index >= 15 is 0 Å². The SMILES string of the molecule is Cc1ccc(N([C@H](C)C(=O)Nc2ccccc2Oc2ccccc2)S(C)(=O)=O)cc1C. The highest BCUT2D eigenvalue weighted by Crippen LogP contribution is 2.30. The van der Waals surface area contributed by atoms with Crippen molar-refractivity contribution in [3.8, 4) is 11.5 Å². The van der Waals surface area contributed by atoms with Crippen LogP contribution in [0.1, 0.15) is 18.1 Å². The molecule has 7 heteroatoms. The first-order valence-corrected chi connectivity index (χ1v) is 11.7. The second-order valence-electron chi connectivity index (χ2n) is 7.40. The van der Waals surface area contributed by atoms with Gasteiger partial charge in [-0.15, -0.1) is 0 Å². The van der Waals surface area contributed by atoms with Crippen molar-refractivity contribution in [3.63, 3.8) is 0 Å². The first-order valence-electron chi connectivity index (χ1n) is 9.86. The van der Waals surface area contributed by atoms with Crippen LogP contribution in [0.4, 0.5) is 11.4 Å². The van der Waals surface area contributed by atoms with Gasteiger partial charge in [-0.25, -0.2) is 8.42 Å². The van der Waals surface area contributed by atoms with Gasteiger partial charge in [0, 0.05) is 0 Å². The summed E-state index contributed by atoms with van der Waals surface area (Å²) in [5.74, 6) is 0.629. The van der Waals surface area contributed by atoms with Crippen molar-refractivity contribution < 1.29 is 17.9 Å². The van der Waals surface area contributed by atoms with Gasteiger partial charge in [-0.2, -0.15) is 0 Å². The summed E-state index contributed by atoms with van der Waals surface area (Å²) >= 11 is 0. The smallest absolute Gasteiger partial charge is 0.248 e. The van der Waals surface area contributed by atoms with Gasteiger partial charge < -0.3 is 10.1 Å². The molecular formula is C24H26N2O4S. The highest BCUT2D eigenvalue weighted by atomic mass is 32.2. The molecule has 0 aliphatic heterocycles. The third kappa shape index (κ3) is 5.44. The summed E-state index contributed by atoms with van der Waals surface area (Å²) in [5, 5.41) is 2.81. The van der Waals surface area contributed by atoms with Crippen LogP contribution >= 0.6 is 0 Å². The Bertz CT molecular complexity index is 1180. The number of hydrogen-bond donors (Lipinski definition) is 1. The summed E-state index contributed by atoms with van der Waals surface area (Å²) in [5.41, 5.74) is 2.89. The van der Waals surface area contributed by atoms with Crippen LogP contribution in [-0.4, -0.2) is 26.6 Å². The van der Waals surface area contributed by atoms with Gasteiger partial charge >= 0.3 is 0 Å². The van der Waals surface area contributed by atoms with Crippen LogP contribution in [0.5, 0.6) is 11.5 Å². The molecule has 0 bridgehead atoms.